The van der Waals surface area contributed by atoms with Crippen molar-refractivity contribution in [2.45, 2.75) is 17.7 Å². The van der Waals surface area contributed by atoms with Crippen LogP contribution in [0, 0.1) is 0 Å². The predicted octanol–water partition coefficient (Wildman–Crippen LogP) is 3.24. The minimum Gasteiger partial charge on any atom is -0.273 e. The van der Waals surface area contributed by atoms with Crippen LogP contribution in [0.4, 0.5) is 0 Å². The van der Waals surface area contributed by atoms with Crippen molar-refractivity contribution in [3.8, 4) is 0 Å². The van der Waals surface area contributed by atoms with Gasteiger partial charge in [-0.2, -0.15) is 5.10 Å². The Morgan fingerprint density at radius 3 is 3.00 bits per heavy atom. The molecule has 1 amide bonds. The van der Waals surface area contributed by atoms with Crippen LogP contribution in [0.15, 0.2) is 53.0 Å². The summed E-state index contributed by atoms with van der Waals surface area (Å²) in [6.45, 7) is 3.72. The molecule has 0 bridgehead atoms. The zero-order chi connectivity index (χ0) is 13.5. The lowest BCUT2D eigenvalue weighted by atomic mass is 10.1. The maximum absolute atomic E-state index is 11.0. The molecule has 0 unspecified atom stereocenters. The molecule has 0 radical (unpaired) electrons. The van der Waals surface area contributed by atoms with Crippen molar-refractivity contribution in [1.29, 1.82) is 0 Å². The smallest absolute Gasteiger partial charge is 0.240 e. The molecular formula is C15H16N2OS. The molecule has 0 atom stereocenters. The maximum atomic E-state index is 11.0. The van der Waals surface area contributed by atoms with E-state index < -0.39 is 0 Å². The fourth-order valence-corrected chi connectivity index (χ4v) is 2.37. The second-order valence-electron chi connectivity index (χ2n) is 4.14. The molecule has 0 spiro atoms. The lowest BCUT2D eigenvalue weighted by molar-refractivity contribution is -0.121. The lowest BCUT2D eigenvalue weighted by Crippen LogP contribution is -2.24. The first-order chi connectivity index (χ1) is 9.28. The first-order valence-corrected chi connectivity index (χ1v) is 7.14. The summed E-state index contributed by atoms with van der Waals surface area (Å²) in [7, 11) is 0. The maximum Gasteiger partial charge on any atom is 0.240 e. The van der Waals surface area contributed by atoms with E-state index in [2.05, 4.69) is 35.3 Å². The van der Waals surface area contributed by atoms with Crippen LogP contribution in [0.1, 0.15) is 18.4 Å². The van der Waals surface area contributed by atoms with Crippen molar-refractivity contribution in [1.82, 2.24) is 5.43 Å². The summed E-state index contributed by atoms with van der Waals surface area (Å²) in [4.78, 5) is 12.2. The molecule has 4 heteroatoms. The zero-order valence-electron chi connectivity index (χ0n) is 10.6. The number of rotatable bonds is 5. The number of hydrogen-bond acceptors (Lipinski definition) is 3. The quantitative estimate of drug-likeness (QED) is 0.660. The van der Waals surface area contributed by atoms with Gasteiger partial charge in [0.15, 0.2) is 0 Å². The Labute approximate surface area is 117 Å². The Morgan fingerprint density at radius 1 is 1.37 bits per heavy atom. The summed E-state index contributed by atoms with van der Waals surface area (Å²) in [5, 5.41) is 4.01. The molecule has 0 aromatic heterocycles. The molecule has 1 heterocycles. The Balaban J connectivity index is 2.02. The fraction of sp³-hybridized carbons (Fsp3) is 0.200. The molecule has 0 saturated carbocycles. The highest BCUT2D eigenvalue weighted by molar-refractivity contribution is 7.99. The first kappa shape index (κ1) is 13.6. The largest absolute Gasteiger partial charge is 0.273 e. The van der Waals surface area contributed by atoms with E-state index in [-0.39, 0.29) is 5.91 Å². The average Bonchev–Trinajstić information content (AvgIpc) is 2.45. The lowest BCUT2D eigenvalue weighted by Gasteiger charge is -2.08. The molecule has 0 fully saturated rings. The van der Waals surface area contributed by atoms with Gasteiger partial charge < -0.3 is 0 Å². The van der Waals surface area contributed by atoms with E-state index in [9.17, 15) is 4.79 Å². The molecule has 1 aromatic carbocycles. The molecule has 19 heavy (non-hydrogen) atoms. The van der Waals surface area contributed by atoms with E-state index in [1.165, 1.54) is 4.90 Å². The third kappa shape index (κ3) is 4.41. The molecule has 0 aliphatic carbocycles. The van der Waals surface area contributed by atoms with Crippen LogP contribution < -0.4 is 5.43 Å². The van der Waals surface area contributed by atoms with Crippen molar-refractivity contribution in [3.05, 3.63) is 48.6 Å². The van der Waals surface area contributed by atoms with Gasteiger partial charge in [0, 0.05) is 23.5 Å². The van der Waals surface area contributed by atoms with Crippen LogP contribution in [0.3, 0.4) is 0 Å². The highest BCUT2D eigenvalue weighted by atomic mass is 32.2. The van der Waals surface area contributed by atoms with E-state index in [1.54, 1.807) is 11.8 Å². The van der Waals surface area contributed by atoms with Crippen LogP contribution in [-0.4, -0.2) is 17.4 Å². The van der Waals surface area contributed by atoms with Crippen molar-refractivity contribution in [2.24, 2.45) is 5.10 Å². The molecule has 0 saturated heterocycles. The van der Waals surface area contributed by atoms with Gasteiger partial charge in [0.2, 0.25) is 5.91 Å². The van der Waals surface area contributed by atoms with Gasteiger partial charge in [0.25, 0.3) is 0 Å². The van der Waals surface area contributed by atoms with Gasteiger partial charge >= 0.3 is 0 Å². The summed E-state index contributed by atoms with van der Waals surface area (Å²) >= 11 is 1.76. The average molecular weight is 272 g/mol. The van der Waals surface area contributed by atoms with Crippen molar-refractivity contribution >= 4 is 29.5 Å². The van der Waals surface area contributed by atoms with Gasteiger partial charge in [-0.15, -0.1) is 18.3 Å². The number of nitrogens with zero attached hydrogens (tertiary/aromatic N) is 1. The van der Waals surface area contributed by atoms with Crippen LogP contribution in [0.5, 0.6) is 0 Å². The Hall–Kier alpha value is -1.81. The molecular weight excluding hydrogens is 256 g/mol. The van der Waals surface area contributed by atoms with E-state index >= 15 is 0 Å². The van der Waals surface area contributed by atoms with E-state index in [1.807, 2.05) is 24.3 Å². The number of allylic oxidation sites excluding steroid dienone is 1. The molecule has 1 aromatic rings. The highest BCUT2D eigenvalue weighted by Gasteiger charge is 2.08. The molecule has 98 valence electrons. The number of carbonyl (C=O) groups excluding carboxylic acids is 1. The van der Waals surface area contributed by atoms with Gasteiger partial charge in [-0.1, -0.05) is 24.3 Å². The first-order valence-electron chi connectivity index (χ1n) is 6.15. The summed E-state index contributed by atoms with van der Waals surface area (Å²) in [6.07, 6.45) is 7.09. The molecule has 1 aliphatic heterocycles. The fourth-order valence-electron chi connectivity index (χ4n) is 1.66. The SMILES string of the molecule is C=CCSc1cccc(C=CC2=NNC(=O)CC2)c1. The second-order valence-corrected chi connectivity index (χ2v) is 5.24. The third-order valence-electron chi connectivity index (χ3n) is 2.63. The number of amides is 1. The van der Waals surface area contributed by atoms with Gasteiger partial charge in [0.05, 0.1) is 5.71 Å². The number of benzene rings is 1. The highest BCUT2D eigenvalue weighted by Crippen LogP contribution is 2.19. The summed E-state index contributed by atoms with van der Waals surface area (Å²) in [5.74, 6) is 0.895. The monoisotopic (exact) mass is 272 g/mol. The van der Waals surface area contributed by atoms with Crippen LogP contribution >= 0.6 is 11.8 Å². The molecule has 2 rings (SSSR count). The van der Waals surface area contributed by atoms with Crippen LogP contribution in [-0.2, 0) is 4.79 Å². The zero-order valence-corrected chi connectivity index (χ0v) is 11.5. The van der Waals surface area contributed by atoms with Gasteiger partial charge in [0.1, 0.15) is 0 Å². The summed E-state index contributed by atoms with van der Waals surface area (Å²) < 4.78 is 0. The Kier molecular flexibility index (Phi) is 4.98. The normalized spacial score (nSPS) is 15.2. The van der Waals surface area contributed by atoms with Gasteiger partial charge in [-0.25, -0.2) is 5.43 Å². The predicted molar refractivity (Wildman–Crippen MR) is 81.2 cm³/mol. The third-order valence-corrected chi connectivity index (χ3v) is 3.62. The van der Waals surface area contributed by atoms with Crippen molar-refractivity contribution in [3.63, 3.8) is 0 Å². The number of hydrogen-bond donors (Lipinski definition) is 1. The molecule has 1 aliphatic rings. The standard InChI is InChI=1S/C15H16N2OS/c1-2-10-19-14-5-3-4-12(11-14)6-7-13-8-9-15(18)17-16-13/h2-7,11H,1,8-10H2,(H,17,18). The van der Waals surface area contributed by atoms with Crippen LogP contribution in [0.25, 0.3) is 6.08 Å². The number of nitrogens with one attached hydrogen (secondary N) is 1. The second kappa shape index (κ2) is 6.95. The minimum atomic E-state index is -0.0139. The molecule has 1 N–H and O–H groups in total. The van der Waals surface area contributed by atoms with Crippen molar-refractivity contribution < 1.29 is 4.79 Å². The topological polar surface area (TPSA) is 41.5 Å². The van der Waals surface area contributed by atoms with Crippen LogP contribution in [0.2, 0.25) is 0 Å². The number of carbonyl (C=O) groups is 1. The Bertz CT molecular complexity index is 535. The van der Waals surface area contributed by atoms with E-state index in [0.717, 1.165) is 17.0 Å². The summed E-state index contributed by atoms with van der Waals surface area (Å²) in [5.41, 5.74) is 4.53. The number of hydrazone groups is 1. The van der Waals surface area contributed by atoms with E-state index in [4.69, 9.17) is 0 Å². The Morgan fingerprint density at radius 2 is 2.26 bits per heavy atom. The van der Waals surface area contributed by atoms with E-state index in [0.29, 0.717) is 12.8 Å². The number of thioether (sulfide) groups is 1. The van der Waals surface area contributed by atoms with Crippen molar-refractivity contribution in [2.75, 3.05) is 5.75 Å². The summed E-state index contributed by atoms with van der Waals surface area (Å²) in [6, 6.07) is 8.31. The van der Waals surface area contributed by atoms with Gasteiger partial charge in [-0.05, 0) is 23.8 Å². The minimum absolute atomic E-state index is 0.0139. The van der Waals surface area contributed by atoms with Gasteiger partial charge in [-0.3, -0.25) is 4.79 Å². The molecule has 3 nitrogen and oxygen atoms in total.